The molecule has 0 spiro atoms. The second-order valence-corrected chi connectivity index (χ2v) is 7.77. The van der Waals surface area contributed by atoms with E-state index in [4.69, 9.17) is 0 Å². The SMILES string of the molecule is Cc1cc(C)n(CC(=O)N2CC(N(Cc3ccncc3)CC3CC3)C2)n1. The molecule has 0 aromatic carbocycles. The largest absolute Gasteiger partial charge is 0.338 e. The van der Waals surface area contributed by atoms with Crippen LogP contribution in [0, 0.1) is 19.8 Å². The molecule has 6 nitrogen and oxygen atoms in total. The van der Waals surface area contributed by atoms with Gasteiger partial charge in [-0.05, 0) is 56.4 Å². The summed E-state index contributed by atoms with van der Waals surface area (Å²) in [6.45, 7) is 8.06. The minimum atomic E-state index is 0.169. The number of pyridine rings is 1. The quantitative estimate of drug-likeness (QED) is 0.764. The van der Waals surface area contributed by atoms with E-state index in [-0.39, 0.29) is 5.91 Å². The van der Waals surface area contributed by atoms with E-state index in [0.29, 0.717) is 12.6 Å². The van der Waals surface area contributed by atoms with Crippen LogP contribution in [0.4, 0.5) is 0 Å². The van der Waals surface area contributed by atoms with Gasteiger partial charge in [-0.2, -0.15) is 5.10 Å². The zero-order valence-electron chi connectivity index (χ0n) is 15.6. The first kappa shape index (κ1) is 17.2. The number of hydrogen-bond acceptors (Lipinski definition) is 4. The highest BCUT2D eigenvalue weighted by molar-refractivity contribution is 5.77. The van der Waals surface area contributed by atoms with Gasteiger partial charge in [0.1, 0.15) is 6.54 Å². The number of hydrogen-bond donors (Lipinski definition) is 0. The van der Waals surface area contributed by atoms with E-state index in [0.717, 1.165) is 43.5 Å². The average Bonchev–Trinajstić information content (AvgIpc) is 3.31. The summed E-state index contributed by atoms with van der Waals surface area (Å²) in [6.07, 6.45) is 6.41. The normalized spacial score (nSPS) is 17.6. The molecule has 1 amide bonds. The summed E-state index contributed by atoms with van der Waals surface area (Å²) in [5.74, 6) is 1.01. The van der Waals surface area contributed by atoms with E-state index < -0.39 is 0 Å². The first-order valence-electron chi connectivity index (χ1n) is 9.50. The van der Waals surface area contributed by atoms with Crippen molar-refractivity contribution in [2.45, 2.75) is 45.8 Å². The molecule has 0 radical (unpaired) electrons. The number of rotatable bonds is 7. The van der Waals surface area contributed by atoms with Gasteiger partial charge in [-0.1, -0.05) is 0 Å². The maximum Gasteiger partial charge on any atom is 0.244 e. The van der Waals surface area contributed by atoms with Gasteiger partial charge in [-0.25, -0.2) is 0 Å². The van der Waals surface area contributed by atoms with Crippen LogP contribution < -0.4 is 0 Å². The fourth-order valence-corrected chi connectivity index (χ4v) is 3.65. The standard InChI is InChI=1S/C20H27N5O/c1-15-9-16(2)25(22-15)14-20(26)24-12-19(13-24)23(10-17-3-4-17)11-18-5-7-21-8-6-18/h5-9,17,19H,3-4,10-14H2,1-2H3. The van der Waals surface area contributed by atoms with E-state index in [2.05, 4.69) is 27.1 Å². The molecule has 2 fully saturated rings. The minimum Gasteiger partial charge on any atom is -0.338 e. The number of nitrogens with zero attached hydrogens (tertiary/aromatic N) is 5. The molecule has 1 saturated carbocycles. The molecule has 3 heterocycles. The maximum atomic E-state index is 12.6. The third kappa shape index (κ3) is 3.96. The molecule has 0 atom stereocenters. The molecule has 4 rings (SSSR count). The summed E-state index contributed by atoms with van der Waals surface area (Å²) in [7, 11) is 0. The van der Waals surface area contributed by atoms with Crippen LogP contribution in [0.3, 0.4) is 0 Å². The number of amides is 1. The molecule has 2 aromatic heterocycles. The fraction of sp³-hybridized carbons (Fsp3) is 0.550. The molecule has 6 heteroatoms. The van der Waals surface area contributed by atoms with E-state index in [1.54, 1.807) is 0 Å². The predicted octanol–water partition coefficient (Wildman–Crippen LogP) is 2.02. The van der Waals surface area contributed by atoms with Crippen LogP contribution in [0.1, 0.15) is 29.8 Å². The third-order valence-electron chi connectivity index (χ3n) is 5.44. The summed E-state index contributed by atoms with van der Waals surface area (Å²) in [5, 5.41) is 4.40. The fourth-order valence-electron chi connectivity index (χ4n) is 3.65. The number of carbonyl (C=O) groups excluding carboxylic acids is 1. The average molecular weight is 353 g/mol. The number of likely N-dealkylation sites (tertiary alicyclic amines) is 1. The molecule has 0 N–H and O–H groups in total. The summed E-state index contributed by atoms with van der Waals surface area (Å²) in [5.41, 5.74) is 3.30. The lowest BCUT2D eigenvalue weighted by atomic mass is 10.0. The molecule has 26 heavy (non-hydrogen) atoms. The van der Waals surface area contributed by atoms with Crippen LogP contribution in [0.15, 0.2) is 30.6 Å². The van der Waals surface area contributed by atoms with E-state index in [1.807, 2.05) is 41.9 Å². The van der Waals surface area contributed by atoms with Gasteiger partial charge in [0.2, 0.25) is 5.91 Å². The predicted molar refractivity (Wildman–Crippen MR) is 99.4 cm³/mol. The van der Waals surface area contributed by atoms with Gasteiger partial charge in [0, 0.05) is 50.3 Å². The third-order valence-corrected chi connectivity index (χ3v) is 5.44. The number of carbonyl (C=O) groups is 1. The highest BCUT2D eigenvalue weighted by Gasteiger charge is 2.37. The van der Waals surface area contributed by atoms with Gasteiger partial charge in [0.05, 0.1) is 5.69 Å². The molecule has 0 bridgehead atoms. The monoisotopic (exact) mass is 353 g/mol. The highest BCUT2D eigenvalue weighted by Crippen LogP contribution is 2.32. The lowest BCUT2D eigenvalue weighted by Crippen LogP contribution is -2.61. The second kappa shape index (κ2) is 7.19. The topological polar surface area (TPSA) is 54.3 Å². The van der Waals surface area contributed by atoms with Crippen LogP contribution in [0.25, 0.3) is 0 Å². The van der Waals surface area contributed by atoms with Gasteiger partial charge in [0.25, 0.3) is 0 Å². The Kier molecular flexibility index (Phi) is 4.76. The second-order valence-electron chi connectivity index (χ2n) is 7.77. The minimum absolute atomic E-state index is 0.169. The molecule has 2 aromatic rings. The van der Waals surface area contributed by atoms with Gasteiger partial charge in [-0.3, -0.25) is 19.4 Å². The Balaban J connectivity index is 1.33. The smallest absolute Gasteiger partial charge is 0.244 e. The first-order chi connectivity index (χ1) is 12.6. The number of aromatic nitrogens is 3. The van der Waals surface area contributed by atoms with Crippen molar-refractivity contribution in [1.82, 2.24) is 24.6 Å². The van der Waals surface area contributed by atoms with Crippen molar-refractivity contribution in [3.63, 3.8) is 0 Å². The number of aryl methyl sites for hydroxylation is 2. The molecule has 2 aliphatic rings. The summed E-state index contributed by atoms with van der Waals surface area (Å²) >= 11 is 0. The van der Waals surface area contributed by atoms with E-state index in [1.165, 1.54) is 18.4 Å². The van der Waals surface area contributed by atoms with Gasteiger partial charge in [0.15, 0.2) is 0 Å². The van der Waals surface area contributed by atoms with Gasteiger partial charge < -0.3 is 4.90 Å². The lowest BCUT2D eigenvalue weighted by Gasteiger charge is -2.45. The zero-order valence-corrected chi connectivity index (χ0v) is 15.6. The van der Waals surface area contributed by atoms with Crippen LogP contribution in [0.5, 0.6) is 0 Å². The van der Waals surface area contributed by atoms with Crippen LogP contribution >= 0.6 is 0 Å². The zero-order chi connectivity index (χ0) is 18.1. The Hall–Kier alpha value is -2.21. The highest BCUT2D eigenvalue weighted by atomic mass is 16.2. The lowest BCUT2D eigenvalue weighted by molar-refractivity contribution is -0.139. The summed E-state index contributed by atoms with van der Waals surface area (Å²) in [4.78, 5) is 21.2. The van der Waals surface area contributed by atoms with Crippen molar-refractivity contribution < 1.29 is 4.79 Å². The van der Waals surface area contributed by atoms with Crippen LogP contribution in [0.2, 0.25) is 0 Å². The molecule has 138 valence electrons. The van der Waals surface area contributed by atoms with Crippen molar-refractivity contribution in [2.24, 2.45) is 5.92 Å². The van der Waals surface area contributed by atoms with Crippen LogP contribution in [-0.4, -0.2) is 56.1 Å². The van der Waals surface area contributed by atoms with Gasteiger partial charge >= 0.3 is 0 Å². The maximum absolute atomic E-state index is 12.6. The van der Waals surface area contributed by atoms with Crippen molar-refractivity contribution in [1.29, 1.82) is 0 Å². The molecule has 1 saturated heterocycles. The Morgan fingerprint density at radius 2 is 1.96 bits per heavy atom. The Bertz CT molecular complexity index is 762. The van der Waals surface area contributed by atoms with Crippen molar-refractivity contribution in [3.8, 4) is 0 Å². The van der Waals surface area contributed by atoms with Crippen LogP contribution in [-0.2, 0) is 17.9 Å². The molecular weight excluding hydrogens is 326 g/mol. The first-order valence-corrected chi connectivity index (χ1v) is 9.50. The Morgan fingerprint density at radius 3 is 2.58 bits per heavy atom. The summed E-state index contributed by atoms with van der Waals surface area (Å²) < 4.78 is 1.81. The summed E-state index contributed by atoms with van der Waals surface area (Å²) in [6, 6.07) is 6.65. The molecule has 1 aliphatic carbocycles. The molecule has 0 unspecified atom stereocenters. The van der Waals surface area contributed by atoms with Crippen molar-refractivity contribution in [2.75, 3.05) is 19.6 Å². The van der Waals surface area contributed by atoms with E-state index >= 15 is 0 Å². The van der Waals surface area contributed by atoms with Crippen molar-refractivity contribution in [3.05, 3.63) is 47.5 Å². The molecular formula is C20H27N5O. The van der Waals surface area contributed by atoms with Gasteiger partial charge in [-0.15, -0.1) is 0 Å². The molecule has 1 aliphatic heterocycles. The Morgan fingerprint density at radius 1 is 1.23 bits per heavy atom. The van der Waals surface area contributed by atoms with E-state index in [9.17, 15) is 4.79 Å². The Labute approximate surface area is 154 Å². The van der Waals surface area contributed by atoms with Crippen molar-refractivity contribution >= 4 is 5.91 Å².